The standard InChI is InChI=1S/C22H22N2O3/c1-15(18-9-5-7-17-6-3-4-8-19(17)18)23-22(25)24(2)13-16-10-11-20-21(12-16)27-14-26-20/h3-12,15H,13-14H2,1-2H3,(H,23,25). The molecule has 0 bridgehead atoms. The van der Waals surface area contributed by atoms with E-state index in [-0.39, 0.29) is 18.9 Å². The summed E-state index contributed by atoms with van der Waals surface area (Å²) in [6.45, 7) is 2.75. The monoisotopic (exact) mass is 362 g/mol. The van der Waals surface area contributed by atoms with Gasteiger partial charge in [0.1, 0.15) is 0 Å². The number of urea groups is 1. The van der Waals surface area contributed by atoms with Gasteiger partial charge in [-0.3, -0.25) is 0 Å². The Balaban J connectivity index is 1.44. The third kappa shape index (κ3) is 3.53. The fraction of sp³-hybridized carbons (Fsp3) is 0.227. The number of carbonyl (C=O) groups is 1. The number of benzene rings is 3. The van der Waals surface area contributed by atoms with Gasteiger partial charge in [-0.25, -0.2) is 4.79 Å². The molecule has 0 spiro atoms. The maximum Gasteiger partial charge on any atom is 0.317 e. The highest BCUT2D eigenvalue weighted by atomic mass is 16.7. The number of ether oxygens (including phenoxy) is 2. The van der Waals surface area contributed by atoms with Crippen molar-refractivity contribution in [1.29, 1.82) is 0 Å². The molecule has 1 aliphatic rings. The lowest BCUT2D eigenvalue weighted by atomic mass is 10.00. The van der Waals surface area contributed by atoms with Gasteiger partial charge in [0.05, 0.1) is 6.04 Å². The van der Waals surface area contributed by atoms with Gasteiger partial charge in [-0.2, -0.15) is 0 Å². The molecule has 0 radical (unpaired) electrons. The second kappa shape index (κ2) is 7.19. The van der Waals surface area contributed by atoms with E-state index in [9.17, 15) is 4.79 Å². The van der Waals surface area contributed by atoms with Crippen molar-refractivity contribution in [1.82, 2.24) is 10.2 Å². The fourth-order valence-electron chi connectivity index (χ4n) is 3.39. The molecule has 5 heteroatoms. The maximum absolute atomic E-state index is 12.7. The van der Waals surface area contributed by atoms with Gasteiger partial charge in [-0.15, -0.1) is 0 Å². The first-order chi connectivity index (χ1) is 13.1. The summed E-state index contributed by atoms with van der Waals surface area (Å²) in [7, 11) is 1.79. The first kappa shape index (κ1) is 17.2. The van der Waals surface area contributed by atoms with Gasteiger partial charge < -0.3 is 19.7 Å². The van der Waals surface area contributed by atoms with Crippen molar-refractivity contribution >= 4 is 16.8 Å². The highest BCUT2D eigenvalue weighted by Gasteiger charge is 2.17. The molecule has 3 aromatic carbocycles. The number of hydrogen-bond donors (Lipinski definition) is 1. The minimum atomic E-state index is -0.117. The second-order valence-corrected chi connectivity index (χ2v) is 6.78. The van der Waals surface area contributed by atoms with Crippen molar-refractivity contribution in [2.24, 2.45) is 0 Å². The molecule has 1 atom stereocenters. The van der Waals surface area contributed by atoms with Crippen LogP contribution >= 0.6 is 0 Å². The smallest absolute Gasteiger partial charge is 0.317 e. The molecular weight excluding hydrogens is 340 g/mol. The zero-order valence-corrected chi connectivity index (χ0v) is 15.4. The van der Waals surface area contributed by atoms with Crippen LogP contribution in [0.2, 0.25) is 0 Å². The molecule has 0 fully saturated rings. The number of nitrogens with one attached hydrogen (secondary N) is 1. The summed E-state index contributed by atoms with van der Waals surface area (Å²) in [6, 6.07) is 19.9. The van der Waals surface area contributed by atoms with Gasteiger partial charge in [-0.05, 0) is 41.0 Å². The molecule has 27 heavy (non-hydrogen) atoms. The third-order valence-electron chi connectivity index (χ3n) is 4.83. The van der Waals surface area contributed by atoms with Gasteiger partial charge in [0.15, 0.2) is 11.5 Å². The van der Waals surface area contributed by atoms with E-state index < -0.39 is 0 Å². The first-order valence-electron chi connectivity index (χ1n) is 8.99. The van der Waals surface area contributed by atoms with Crippen molar-refractivity contribution in [2.45, 2.75) is 19.5 Å². The van der Waals surface area contributed by atoms with Crippen LogP contribution in [0.5, 0.6) is 11.5 Å². The molecule has 4 rings (SSSR count). The number of rotatable bonds is 4. The van der Waals surface area contributed by atoms with E-state index in [1.807, 2.05) is 43.3 Å². The number of carbonyl (C=O) groups excluding carboxylic acids is 1. The Hall–Kier alpha value is -3.21. The summed E-state index contributed by atoms with van der Waals surface area (Å²) in [5.41, 5.74) is 2.10. The molecule has 1 N–H and O–H groups in total. The van der Waals surface area contributed by atoms with E-state index in [0.717, 1.165) is 28.0 Å². The van der Waals surface area contributed by atoms with Crippen LogP contribution in [-0.4, -0.2) is 24.8 Å². The van der Waals surface area contributed by atoms with Crippen LogP contribution < -0.4 is 14.8 Å². The average Bonchev–Trinajstić information content (AvgIpc) is 3.15. The highest BCUT2D eigenvalue weighted by molar-refractivity contribution is 5.86. The molecule has 0 saturated heterocycles. The van der Waals surface area contributed by atoms with Crippen LogP contribution in [0.15, 0.2) is 60.7 Å². The van der Waals surface area contributed by atoms with Crippen LogP contribution in [-0.2, 0) is 6.54 Å². The molecular formula is C22H22N2O3. The van der Waals surface area contributed by atoms with Crippen LogP contribution in [0.1, 0.15) is 24.1 Å². The Bertz CT molecular complexity index is 981. The number of hydrogen-bond acceptors (Lipinski definition) is 3. The van der Waals surface area contributed by atoms with Gasteiger partial charge >= 0.3 is 6.03 Å². The predicted octanol–water partition coefficient (Wildman–Crippen LogP) is 4.47. The van der Waals surface area contributed by atoms with Crippen molar-refractivity contribution < 1.29 is 14.3 Å². The van der Waals surface area contributed by atoms with Crippen LogP contribution in [0.25, 0.3) is 10.8 Å². The average molecular weight is 362 g/mol. The summed E-state index contributed by atoms with van der Waals surface area (Å²) in [6.07, 6.45) is 0. The lowest BCUT2D eigenvalue weighted by Gasteiger charge is -2.22. The Labute approximate surface area is 158 Å². The maximum atomic E-state index is 12.7. The van der Waals surface area contributed by atoms with Gasteiger partial charge in [0.2, 0.25) is 6.79 Å². The second-order valence-electron chi connectivity index (χ2n) is 6.78. The number of nitrogens with zero attached hydrogens (tertiary/aromatic N) is 1. The van der Waals surface area contributed by atoms with Crippen molar-refractivity contribution in [3.63, 3.8) is 0 Å². The topological polar surface area (TPSA) is 50.8 Å². The predicted molar refractivity (Wildman–Crippen MR) is 105 cm³/mol. The van der Waals surface area contributed by atoms with Crippen LogP contribution in [0.4, 0.5) is 4.79 Å². The largest absolute Gasteiger partial charge is 0.454 e. The summed E-state index contributed by atoms with van der Waals surface area (Å²) in [5, 5.41) is 5.42. The molecule has 138 valence electrons. The van der Waals surface area contributed by atoms with E-state index in [1.54, 1.807) is 11.9 Å². The van der Waals surface area contributed by atoms with Crippen molar-refractivity contribution in [3.8, 4) is 11.5 Å². The van der Waals surface area contributed by atoms with E-state index in [0.29, 0.717) is 6.54 Å². The number of amides is 2. The Kier molecular flexibility index (Phi) is 4.59. The summed E-state index contributed by atoms with van der Waals surface area (Å²) >= 11 is 0. The normalized spacial score (nSPS) is 13.4. The number of fused-ring (bicyclic) bond motifs is 2. The van der Waals surface area contributed by atoms with Gasteiger partial charge in [-0.1, -0.05) is 48.5 Å². The molecule has 2 amide bonds. The van der Waals surface area contributed by atoms with Gasteiger partial charge in [0.25, 0.3) is 0 Å². The molecule has 5 nitrogen and oxygen atoms in total. The first-order valence-corrected chi connectivity index (χ1v) is 8.99. The molecule has 1 unspecified atom stereocenters. The summed E-state index contributed by atoms with van der Waals surface area (Å²) in [4.78, 5) is 14.3. The van der Waals surface area contributed by atoms with Crippen molar-refractivity contribution in [3.05, 3.63) is 71.8 Å². The molecule has 0 saturated carbocycles. The summed E-state index contributed by atoms with van der Waals surface area (Å²) < 4.78 is 10.7. The van der Waals surface area contributed by atoms with Crippen LogP contribution in [0, 0.1) is 0 Å². The van der Waals surface area contributed by atoms with E-state index in [1.165, 1.54) is 5.39 Å². The third-order valence-corrected chi connectivity index (χ3v) is 4.83. The SMILES string of the molecule is CC(NC(=O)N(C)Cc1ccc2c(c1)OCO2)c1cccc2ccccc12. The molecule has 1 heterocycles. The van der Waals surface area contributed by atoms with Crippen molar-refractivity contribution in [2.75, 3.05) is 13.8 Å². The Morgan fingerprint density at radius 1 is 1.07 bits per heavy atom. The van der Waals surface area contributed by atoms with Gasteiger partial charge in [0, 0.05) is 13.6 Å². The lowest BCUT2D eigenvalue weighted by Crippen LogP contribution is -2.38. The zero-order valence-electron chi connectivity index (χ0n) is 15.4. The molecule has 0 aromatic heterocycles. The minimum Gasteiger partial charge on any atom is -0.454 e. The highest BCUT2D eigenvalue weighted by Crippen LogP contribution is 2.32. The quantitative estimate of drug-likeness (QED) is 0.745. The Morgan fingerprint density at radius 2 is 1.85 bits per heavy atom. The van der Waals surface area contributed by atoms with E-state index >= 15 is 0 Å². The Morgan fingerprint density at radius 3 is 2.74 bits per heavy atom. The fourth-order valence-corrected chi connectivity index (χ4v) is 3.39. The molecule has 3 aromatic rings. The summed E-state index contributed by atoms with van der Waals surface area (Å²) in [5.74, 6) is 1.47. The molecule has 1 aliphatic heterocycles. The zero-order chi connectivity index (χ0) is 18.8. The van der Waals surface area contributed by atoms with E-state index in [4.69, 9.17) is 9.47 Å². The minimum absolute atomic E-state index is 0.0946. The van der Waals surface area contributed by atoms with E-state index in [2.05, 4.69) is 29.6 Å². The van der Waals surface area contributed by atoms with Crippen LogP contribution in [0.3, 0.4) is 0 Å². The lowest BCUT2D eigenvalue weighted by molar-refractivity contribution is 0.174. The molecule has 0 aliphatic carbocycles.